The molecule has 1 aromatic heterocycles. The number of aryl methyl sites for hydroxylation is 2. The van der Waals surface area contributed by atoms with Gasteiger partial charge in [0.2, 0.25) is 11.8 Å². The Morgan fingerprint density at radius 3 is 2.35 bits per heavy atom. The van der Waals surface area contributed by atoms with Crippen LogP contribution in [0.15, 0.2) is 71.3 Å². The summed E-state index contributed by atoms with van der Waals surface area (Å²) in [5.41, 5.74) is 2.39. The molecule has 0 saturated heterocycles. The molecular formula is C24H27N3O3S. The lowest BCUT2D eigenvalue weighted by Gasteiger charge is -2.19. The minimum absolute atomic E-state index is 0.0510. The second-order valence-electron chi connectivity index (χ2n) is 7.27. The highest BCUT2D eigenvalue weighted by molar-refractivity contribution is 8.00. The third kappa shape index (κ3) is 7.94. The number of hydrogen-bond donors (Lipinski definition) is 2. The molecule has 1 heterocycles. The predicted molar refractivity (Wildman–Crippen MR) is 124 cm³/mol. The molecule has 0 radical (unpaired) electrons. The van der Waals surface area contributed by atoms with E-state index in [1.807, 2.05) is 48.5 Å². The van der Waals surface area contributed by atoms with Crippen LogP contribution in [0.4, 0.5) is 5.82 Å². The molecule has 0 fully saturated rings. The number of rotatable bonds is 11. The molecule has 0 aliphatic rings. The number of thioether (sulfide) groups is 1. The molecular weight excluding hydrogens is 410 g/mol. The number of carbonyl (C=O) groups is 2. The lowest BCUT2D eigenvalue weighted by molar-refractivity contribution is -0.119. The number of benzene rings is 2. The van der Waals surface area contributed by atoms with Crippen molar-refractivity contribution in [1.29, 1.82) is 0 Å². The maximum Gasteiger partial charge on any atom is 0.235 e. The van der Waals surface area contributed by atoms with Crippen molar-refractivity contribution in [3.8, 4) is 0 Å². The first kappa shape index (κ1) is 22.6. The number of nitrogens with zero attached hydrogens (tertiary/aromatic N) is 1. The number of nitrogens with one attached hydrogen (secondary N) is 2. The molecule has 31 heavy (non-hydrogen) atoms. The molecule has 1 unspecified atom stereocenters. The summed E-state index contributed by atoms with van der Waals surface area (Å²) in [5.74, 6) is 1.10. The van der Waals surface area contributed by atoms with Crippen molar-refractivity contribution >= 4 is 29.4 Å². The van der Waals surface area contributed by atoms with E-state index in [9.17, 15) is 9.59 Å². The van der Waals surface area contributed by atoms with E-state index in [0.717, 1.165) is 24.8 Å². The molecule has 0 aliphatic heterocycles. The zero-order valence-corrected chi connectivity index (χ0v) is 18.4. The first-order valence-corrected chi connectivity index (χ1v) is 11.4. The molecule has 0 spiro atoms. The van der Waals surface area contributed by atoms with Crippen LogP contribution in [-0.4, -0.2) is 28.5 Å². The molecule has 3 aromatic rings. The second kappa shape index (κ2) is 12.0. The molecule has 7 heteroatoms. The van der Waals surface area contributed by atoms with Gasteiger partial charge in [-0.15, -0.1) is 11.8 Å². The van der Waals surface area contributed by atoms with E-state index in [1.54, 1.807) is 13.0 Å². The average molecular weight is 438 g/mol. The number of carbonyl (C=O) groups excluding carboxylic acids is 2. The Hall–Kier alpha value is -3.06. The lowest BCUT2D eigenvalue weighted by Crippen LogP contribution is -2.30. The highest BCUT2D eigenvalue weighted by Crippen LogP contribution is 2.20. The summed E-state index contributed by atoms with van der Waals surface area (Å²) in [5, 5.41) is 9.50. The monoisotopic (exact) mass is 437 g/mol. The fourth-order valence-corrected chi connectivity index (χ4v) is 3.87. The Bertz CT molecular complexity index is 960. The fourth-order valence-electron chi connectivity index (χ4n) is 3.24. The van der Waals surface area contributed by atoms with Crippen molar-refractivity contribution in [3.05, 3.63) is 83.6 Å². The molecule has 1 atom stereocenters. The van der Waals surface area contributed by atoms with Gasteiger partial charge in [0.1, 0.15) is 5.76 Å². The predicted octanol–water partition coefficient (Wildman–Crippen LogP) is 4.54. The van der Waals surface area contributed by atoms with E-state index in [1.165, 1.54) is 17.3 Å². The Labute approximate surface area is 186 Å². The van der Waals surface area contributed by atoms with Crippen molar-refractivity contribution in [2.75, 3.05) is 16.8 Å². The summed E-state index contributed by atoms with van der Waals surface area (Å²) >= 11 is 1.27. The van der Waals surface area contributed by atoms with Gasteiger partial charge >= 0.3 is 0 Å². The lowest BCUT2D eigenvalue weighted by atomic mass is 9.99. The van der Waals surface area contributed by atoms with Gasteiger partial charge in [-0.05, 0) is 37.3 Å². The van der Waals surface area contributed by atoms with Crippen LogP contribution in [0.3, 0.4) is 0 Å². The van der Waals surface area contributed by atoms with E-state index >= 15 is 0 Å². The van der Waals surface area contributed by atoms with Gasteiger partial charge in [0.25, 0.3) is 0 Å². The molecule has 0 saturated carbocycles. The van der Waals surface area contributed by atoms with Gasteiger partial charge < -0.3 is 15.2 Å². The molecule has 6 nitrogen and oxygen atoms in total. The minimum Gasteiger partial charge on any atom is -0.360 e. The van der Waals surface area contributed by atoms with Crippen LogP contribution < -0.4 is 10.6 Å². The summed E-state index contributed by atoms with van der Waals surface area (Å²) in [6.45, 7) is 1.75. The van der Waals surface area contributed by atoms with Crippen molar-refractivity contribution in [3.63, 3.8) is 0 Å². The third-order valence-electron chi connectivity index (χ3n) is 4.70. The summed E-state index contributed by atoms with van der Waals surface area (Å²) in [7, 11) is 0. The molecule has 2 amide bonds. The van der Waals surface area contributed by atoms with Crippen molar-refractivity contribution in [1.82, 2.24) is 10.5 Å². The zero-order valence-electron chi connectivity index (χ0n) is 17.5. The molecule has 2 aromatic carbocycles. The number of amides is 2. The largest absolute Gasteiger partial charge is 0.360 e. The zero-order chi connectivity index (χ0) is 21.9. The SMILES string of the molecule is Cc1cc(NC(=O)CSCC(=O)NC(CCCc2ccccc2)c2ccccc2)no1. The van der Waals surface area contributed by atoms with E-state index in [2.05, 4.69) is 27.9 Å². The van der Waals surface area contributed by atoms with Gasteiger partial charge in [0, 0.05) is 6.07 Å². The van der Waals surface area contributed by atoms with Gasteiger partial charge in [-0.25, -0.2) is 0 Å². The Kier molecular flexibility index (Phi) is 8.72. The van der Waals surface area contributed by atoms with Crippen LogP contribution in [0.25, 0.3) is 0 Å². The first-order chi connectivity index (χ1) is 15.1. The summed E-state index contributed by atoms with van der Waals surface area (Å²) in [6, 6.07) is 22.0. The Balaban J connectivity index is 1.45. The highest BCUT2D eigenvalue weighted by Gasteiger charge is 2.15. The van der Waals surface area contributed by atoms with E-state index < -0.39 is 0 Å². The average Bonchev–Trinajstić information content (AvgIpc) is 3.18. The standard InChI is InChI=1S/C24H27N3O3S/c1-18-15-22(27-30-18)26-24(29)17-31-16-23(28)25-21(20-12-6-3-7-13-20)14-8-11-19-9-4-2-5-10-19/h2-7,9-10,12-13,15,21H,8,11,14,16-17H2,1H3,(H,25,28)(H,26,27,29). The normalized spacial score (nSPS) is 11.6. The van der Waals surface area contributed by atoms with E-state index in [0.29, 0.717) is 11.6 Å². The third-order valence-corrected chi connectivity index (χ3v) is 5.63. The van der Waals surface area contributed by atoms with Crippen LogP contribution in [0, 0.1) is 6.92 Å². The van der Waals surface area contributed by atoms with Crippen molar-refractivity contribution in [2.24, 2.45) is 0 Å². The molecule has 162 valence electrons. The van der Waals surface area contributed by atoms with Crippen LogP contribution in [-0.2, 0) is 16.0 Å². The first-order valence-electron chi connectivity index (χ1n) is 10.3. The summed E-state index contributed by atoms with van der Waals surface area (Å²) in [4.78, 5) is 24.5. The van der Waals surface area contributed by atoms with Gasteiger partial charge in [-0.1, -0.05) is 65.8 Å². The minimum atomic E-state index is -0.214. The van der Waals surface area contributed by atoms with Crippen LogP contribution in [0.2, 0.25) is 0 Å². The smallest absolute Gasteiger partial charge is 0.235 e. The van der Waals surface area contributed by atoms with Crippen LogP contribution >= 0.6 is 11.8 Å². The maximum atomic E-state index is 12.5. The Morgan fingerprint density at radius 1 is 1.00 bits per heavy atom. The number of aromatic nitrogens is 1. The summed E-state index contributed by atoms with van der Waals surface area (Å²) in [6.07, 6.45) is 2.79. The van der Waals surface area contributed by atoms with Crippen molar-refractivity contribution in [2.45, 2.75) is 32.2 Å². The number of anilines is 1. The quantitative estimate of drug-likeness (QED) is 0.460. The van der Waals surface area contributed by atoms with Gasteiger partial charge in [-0.3, -0.25) is 9.59 Å². The van der Waals surface area contributed by atoms with Crippen LogP contribution in [0.5, 0.6) is 0 Å². The fraction of sp³-hybridized carbons (Fsp3) is 0.292. The molecule has 0 bridgehead atoms. The second-order valence-corrected chi connectivity index (χ2v) is 8.26. The molecule has 0 aliphatic carbocycles. The molecule has 2 N–H and O–H groups in total. The van der Waals surface area contributed by atoms with Gasteiger partial charge in [0.15, 0.2) is 5.82 Å². The molecule has 3 rings (SSSR count). The van der Waals surface area contributed by atoms with E-state index in [4.69, 9.17) is 4.52 Å². The van der Waals surface area contributed by atoms with Crippen molar-refractivity contribution < 1.29 is 14.1 Å². The Morgan fingerprint density at radius 2 is 1.68 bits per heavy atom. The van der Waals surface area contributed by atoms with E-state index in [-0.39, 0.29) is 29.4 Å². The summed E-state index contributed by atoms with van der Waals surface area (Å²) < 4.78 is 4.92. The highest BCUT2D eigenvalue weighted by atomic mass is 32.2. The van der Waals surface area contributed by atoms with Gasteiger partial charge in [-0.2, -0.15) is 0 Å². The maximum absolute atomic E-state index is 12.5. The number of hydrogen-bond acceptors (Lipinski definition) is 5. The van der Waals surface area contributed by atoms with Crippen LogP contribution in [0.1, 0.15) is 35.8 Å². The topological polar surface area (TPSA) is 84.2 Å². The van der Waals surface area contributed by atoms with Gasteiger partial charge in [0.05, 0.1) is 17.5 Å².